The van der Waals surface area contributed by atoms with Crippen LogP contribution < -0.4 is 4.74 Å². The van der Waals surface area contributed by atoms with Gasteiger partial charge in [-0.05, 0) is 24.3 Å². The summed E-state index contributed by atoms with van der Waals surface area (Å²) in [7, 11) is -3.67. The molecule has 0 aliphatic rings. The maximum atomic E-state index is 12.3. The minimum Gasteiger partial charge on any atom is -0.507 e. The van der Waals surface area contributed by atoms with Gasteiger partial charge in [0.1, 0.15) is 11.5 Å². The van der Waals surface area contributed by atoms with E-state index in [1.165, 1.54) is 24.3 Å². The number of ketones is 1. The fourth-order valence-corrected chi connectivity index (χ4v) is 2.72. The summed E-state index contributed by atoms with van der Waals surface area (Å²) in [5.41, 5.74) is -0.515. The highest BCUT2D eigenvalue weighted by Gasteiger charge is 2.27. The number of methoxy groups -OCH3 is 1. The van der Waals surface area contributed by atoms with Crippen molar-refractivity contribution in [1.29, 1.82) is 0 Å². The summed E-state index contributed by atoms with van der Waals surface area (Å²) in [5.74, 6) is -2.39. The van der Waals surface area contributed by atoms with Gasteiger partial charge in [0.2, 0.25) is 5.78 Å². The van der Waals surface area contributed by atoms with Crippen molar-refractivity contribution in [3.8, 4) is 17.2 Å². The number of ether oxygens (including phenoxy) is 1. The van der Waals surface area contributed by atoms with Crippen molar-refractivity contribution in [1.82, 2.24) is 0 Å². The van der Waals surface area contributed by atoms with Crippen LogP contribution in [0.25, 0.3) is 0 Å². The third-order valence-electron chi connectivity index (χ3n) is 2.97. The molecule has 0 saturated carbocycles. The largest absolute Gasteiger partial charge is 0.507 e. The number of hydrogen-bond acceptors (Lipinski definition) is 6. The molecule has 3 N–H and O–H groups in total. The number of carbonyl (C=O) groups excluding carboxylic acids is 1. The van der Waals surface area contributed by atoms with Gasteiger partial charge in [0.25, 0.3) is 0 Å². The summed E-state index contributed by atoms with van der Waals surface area (Å²) in [6, 6.07) is 7.85. The maximum absolute atomic E-state index is 12.3. The Morgan fingerprint density at radius 1 is 1.05 bits per heavy atom. The number of carbonyl (C=O) groups is 1. The van der Waals surface area contributed by atoms with Crippen LogP contribution in [0.1, 0.15) is 15.9 Å². The highest BCUT2D eigenvalue weighted by Crippen LogP contribution is 2.37. The molecule has 0 aliphatic heterocycles. The van der Waals surface area contributed by atoms with E-state index in [1.807, 2.05) is 0 Å². The van der Waals surface area contributed by atoms with Gasteiger partial charge in [-0.2, -0.15) is 8.42 Å². The molecular weight excluding hydrogens is 312 g/mol. The van der Waals surface area contributed by atoms with Crippen molar-refractivity contribution in [2.24, 2.45) is 0 Å². The molecule has 0 unspecified atom stereocenters. The highest BCUT2D eigenvalue weighted by atomic mass is 32.2. The topological polar surface area (TPSA) is 121 Å². The molecule has 8 heteroatoms. The van der Waals surface area contributed by atoms with Gasteiger partial charge in [-0.15, -0.1) is 0 Å². The minimum atomic E-state index is -4.81. The summed E-state index contributed by atoms with van der Waals surface area (Å²) in [6.07, 6.45) is 0. The molecule has 0 saturated heterocycles. The Bertz CT molecular complexity index is 840. The highest BCUT2D eigenvalue weighted by molar-refractivity contribution is 7.86. The lowest BCUT2D eigenvalue weighted by atomic mass is 10.0. The first-order valence-corrected chi connectivity index (χ1v) is 7.41. The van der Waals surface area contributed by atoms with Crippen LogP contribution in [0.5, 0.6) is 17.2 Å². The Labute approximate surface area is 126 Å². The third kappa shape index (κ3) is 2.74. The summed E-state index contributed by atoms with van der Waals surface area (Å²) in [4.78, 5) is 11.4. The van der Waals surface area contributed by atoms with E-state index in [-0.39, 0.29) is 17.1 Å². The van der Waals surface area contributed by atoms with Gasteiger partial charge in [0.05, 0.1) is 18.2 Å². The van der Waals surface area contributed by atoms with Gasteiger partial charge >= 0.3 is 10.1 Å². The first-order chi connectivity index (χ1) is 10.3. The monoisotopic (exact) mass is 324 g/mol. The van der Waals surface area contributed by atoms with Gasteiger partial charge in [0, 0.05) is 0 Å². The molecule has 0 heterocycles. The Morgan fingerprint density at radius 2 is 1.68 bits per heavy atom. The van der Waals surface area contributed by atoms with E-state index in [1.54, 1.807) is 0 Å². The van der Waals surface area contributed by atoms with Crippen LogP contribution in [0.2, 0.25) is 0 Å². The molecule has 2 aromatic rings. The summed E-state index contributed by atoms with van der Waals surface area (Å²) >= 11 is 0. The lowest BCUT2D eigenvalue weighted by Crippen LogP contribution is -2.08. The van der Waals surface area contributed by atoms with Crippen molar-refractivity contribution in [2.75, 3.05) is 7.11 Å². The average molecular weight is 324 g/mol. The number of benzene rings is 2. The van der Waals surface area contributed by atoms with Gasteiger partial charge in [-0.3, -0.25) is 9.35 Å². The van der Waals surface area contributed by atoms with Gasteiger partial charge < -0.3 is 14.9 Å². The first-order valence-electron chi connectivity index (χ1n) is 5.97. The number of phenols is 2. The average Bonchev–Trinajstić information content (AvgIpc) is 2.45. The standard InChI is InChI=1S/C14H12O7S/c1-21-11-7-6-9(13(17)14(11)22(18,19)20)12(16)8-4-2-3-5-10(8)15/h2-7,15,17H,1H3,(H,18,19,20). The van der Waals surface area contributed by atoms with Crippen molar-refractivity contribution >= 4 is 15.9 Å². The van der Waals surface area contributed by atoms with Crippen LogP contribution in [-0.4, -0.2) is 36.1 Å². The first kappa shape index (κ1) is 15.8. The Morgan fingerprint density at radius 3 is 2.23 bits per heavy atom. The number of rotatable bonds is 4. The molecule has 0 spiro atoms. The van der Waals surface area contributed by atoms with Crippen molar-refractivity contribution < 1.29 is 32.7 Å². The van der Waals surface area contributed by atoms with E-state index in [2.05, 4.69) is 0 Å². The zero-order valence-corrected chi connectivity index (χ0v) is 12.2. The molecular formula is C14H12O7S. The van der Waals surface area contributed by atoms with Crippen molar-refractivity contribution in [3.63, 3.8) is 0 Å². The second-order valence-electron chi connectivity index (χ2n) is 4.31. The van der Waals surface area contributed by atoms with E-state index in [9.17, 15) is 28.0 Å². The molecule has 2 rings (SSSR count). The number of para-hydroxylation sites is 1. The molecule has 0 aliphatic carbocycles. The fraction of sp³-hybridized carbons (Fsp3) is 0.0714. The molecule has 7 nitrogen and oxygen atoms in total. The third-order valence-corrected chi connectivity index (χ3v) is 3.88. The molecule has 0 amide bonds. The molecule has 0 radical (unpaired) electrons. The van der Waals surface area contributed by atoms with Crippen LogP contribution in [-0.2, 0) is 10.1 Å². The van der Waals surface area contributed by atoms with E-state index < -0.39 is 32.1 Å². The van der Waals surface area contributed by atoms with E-state index in [0.29, 0.717) is 0 Å². The number of phenolic OH excluding ortho intramolecular Hbond substituents is 2. The van der Waals surface area contributed by atoms with Gasteiger partial charge in [-0.25, -0.2) is 0 Å². The minimum absolute atomic E-state index is 0.121. The normalized spacial score (nSPS) is 11.2. The summed E-state index contributed by atoms with van der Waals surface area (Å²) in [6.45, 7) is 0. The van der Waals surface area contributed by atoms with Crippen LogP contribution in [0.4, 0.5) is 0 Å². The van der Waals surface area contributed by atoms with Crippen LogP contribution in [0.15, 0.2) is 41.3 Å². The lowest BCUT2D eigenvalue weighted by Gasteiger charge is -2.11. The predicted octanol–water partition coefficient (Wildman–Crippen LogP) is 1.58. The van der Waals surface area contributed by atoms with E-state index in [0.717, 1.165) is 19.2 Å². The second-order valence-corrected chi connectivity index (χ2v) is 5.67. The van der Waals surface area contributed by atoms with E-state index >= 15 is 0 Å². The molecule has 116 valence electrons. The van der Waals surface area contributed by atoms with Gasteiger partial charge in [0.15, 0.2) is 10.6 Å². The number of aromatic hydroxyl groups is 2. The Balaban J connectivity index is 2.69. The predicted molar refractivity (Wildman–Crippen MR) is 76.0 cm³/mol. The van der Waals surface area contributed by atoms with Gasteiger partial charge in [-0.1, -0.05) is 12.1 Å². The van der Waals surface area contributed by atoms with E-state index in [4.69, 9.17) is 4.74 Å². The molecule has 0 atom stereocenters. The number of hydrogen-bond donors (Lipinski definition) is 3. The van der Waals surface area contributed by atoms with Crippen LogP contribution in [0, 0.1) is 0 Å². The summed E-state index contributed by atoms with van der Waals surface area (Å²) in [5, 5.41) is 19.7. The second kappa shape index (κ2) is 5.66. The molecule has 0 fully saturated rings. The zero-order chi connectivity index (χ0) is 16.5. The zero-order valence-electron chi connectivity index (χ0n) is 11.3. The Hall–Kier alpha value is -2.58. The van der Waals surface area contributed by atoms with Crippen molar-refractivity contribution in [2.45, 2.75) is 4.90 Å². The maximum Gasteiger partial charge on any atom is 0.301 e. The fourth-order valence-electron chi connectivity index (χ4n) is 1.96. The smallest absolute Gasteiger partial charge is 0.301 e. The lowest BCUT2D eigenvalue weighted by molar-refractivity contribution is 0.103. The quantitative estimate of drug-likeness (QED) is 0.576. The molecule has 0 bridgehead atoms. The molecule has 22 heavy (non-hydrogen) atoms. The van der Waals surface area contributed by atoms with Crippen LogP contribution >= 0.6 is 0 Å². The molecule has 2 aromatic carbocycles. The summed E-state index contributed by atoms with van der Waals surface area (Å²) < 4.78 is 36.7. The van der Waals surface area contributed by atoms with Crippen LogP contribution in [0.3, 0.4) is 0 Å². The molecule has 0 aromatic heterocycles. The van der Waals surface area contributed by atoms with Crippen molar-refractivity contribution in [3.05, 3.63) is 47.5 Å². The Kier molecular flexibility index (Phi) is 4.07. The SMILES string of the molecule is COc1ccc(C(=O)c2ccccc2O)c(O)c1S(=O)(=O)O.